The van der Waals surface area contributed by atoms with Crippen LogP contribution < -0.4 is 14.8 Å². The molecule has 9 heteroatoms. The van der Waals surface area contributed by atoms with Crippen LogP contribution in [0, 0.1) is 11.8 Å². The Morgan fingerprint density at radius 3 is 2.50 bits per heavy atom. The Bertz CT molecular complexity index is 965. The summed E-state index contributed by atoms with van der Waals surface area (Å²) in [7, 11) is 3.15. The molecule has 1 aromatic heterocycles. The quantitative estimate of drug-likeness (QED) is 0.709. The molecule has 2 fully saturated rings. The van der Waals surface area contributed by atoms with Crippen LogP contribution in [0.15, 0.2) is 23.6 Å². The largest absolute Gasteiger partial charge is 0.497 e. The number of nitrogens with one attached hydrogen (secondary N) is 1. The maximum absolute atomic E-state index is 12.5. The molecule has 1 saturated heterocycles. The molecule has 158 valence electrons. The van der Waals surface area contributed by atoms with Crippen molar-refractivity contribution in [3.8, 4) is 22.8 Å². The molecular weight excluding hydrogens is 406 g/mol. The Balaban J connectivity index is 1.45. The van der Waals surface area contributed by atoms with Gasteiger partial charge >= 0.3 is 0 Å². The van der Waals surface area contributed by atoms with E-state index in [1.54, 1.807) is 31.7 Å². The number of amides is 3. The first-order chi connectivity index (χ1) is 14.5. The highest BCUT2D eigenvalue weighted by atomic mass is 32.1. The number of thiazole rings is 1. The van der Waals surface area contributed by atoms with Gasteiger partial charge in [0.25, 0.3) is 0 Å². The number of carbonyl (C=O) groups excluding carboxylic acids is 3. The number of methoxy groups -OCH3 is 2. The zero-order chi connectivity index (χ0) is 21.3. The highest BCUT2D eigenvalue weighted by Crippen LogP contribution is 2.38. The summed E-state index contributed by atoms with van der Waals surface area (Å²) in [6.07, 6.45) is 3.36. The fraction of sp³-hybridized carbons (Fsp3) is 0.429. The molecule has 0 bridgehead atoms. The lowest BCUT2D eigenvalue weighted by molar-refractivity contribution is -0.142. The number of imide groups is 1. The van der Waals surface area contributed by atoms with E-state index in [4.69, 9.17) is 9.47 Å². The molecule has 1 N–H and O–H groups in total. The number of fused-ring (bicyclic) bond motifs is 1. The molecule has 1 aliphatic carbocycles. The zero-order valence-electron chi connectivity index (χ0n) is 16.8. The first kappa shape index (κ1) is 20.3. The third kappa shape index (κ3) is 3.77. The molecule has 2 aromatic rings. The van der Waals surface area contributed by atoms with Crippen molar-refractivity contribution < 1.29 is 23.9 Å². The third-order valence-electron chi connectivity index (χ3n) is 5.67. The molecule has 0 unspecified atom stereocenters. The first-order valence-electron chi connectivity index (χ1n) is 9.85. The number of rotatable bonds is 6. The maximum atomic E-state index is 12.5. The summed E-state index contributed by atoms with van der Waals surface area (Å²) in [6, 6.07) is 5.39. The van der Waals surface area contributed by atoms with E-state index in [9.17, 15) is 14.4 Å². The normalized spacial score (nSPS) is 20.8. The van der Waals surface area contributed by atoms with Crippen LogP contribution in [0.5, 0.6) is 11.5 Å². The van der Waals surface area contributed by atoms with Crippen molar-refractivity contribution in [2.24, 2.45) is 11.8 Å². The second-order valence-corrected chi connectivity index (χ2v) is 8.27. The van der Waals surface area contributed by atoms with Crippen LogP contribution >= 0.6 is 11.3 Å². The van der Waals surface area contributed by atoms with E-state index < -0.39 is 5.91 Å². The Morgan fingerprint density at radius 1 is 1.17 bits per heavy atom. The van der Waals surface area contributed by atoms with Crippen LogP contribution in [-0.2, 0) is 14.4 Å². The van der Waals surface area contributed by atoms with Crippen LogP contribution in [0.25, 0.3) is 11.3 Å². The zero-order valence-corrected chi connectivity index (χ0v) is 17.7. The smallest absolute Gasteiger partial charge is 0.246 e. The predicted octanol–water partition coefficient (Wildman–Crippen LogP) is 2.94. The number of hydrogen-bond donors (Lipinski definition) is 1. The van der Waals surface area contributed by atoms with E-state index in [1.807, 2.05) is 6.07 Å². The minimum absolute atomic E-state index is 0.221. The van der Waals surface area contributed by atoms with Crippen LogP contribution in [0.3, 0.4) is 0 Å². The van der Waals surface area contributed by atoms with Gasteiger partial charge in [0.05, 0.1) is 31.7 Å². The van der Waals surface area contributed by atoms with Crippen molar-refractivity contribution in [2.75, 3.05) is 26.1 Å². The highest BCUT2D eigenvalue weighted by Gasteiger charge is 2.48. The van der Waals surface area contributed by atoms with Crippen molar-refractivity contribution in [1.82, 2.24) is 9.88 Å². The number of benzene rings is 1. The Labute approximate surface area is 178 Å². The monoisotopic (exact) mass is 429 g/mol. The standard InChI is InChI=1S/C21H23N3O5S/c1-28-12-7-8-17(29-2)15(9-12)16-11-30-21(22-16)23-18(25)10-24-19(26)13-5-3-4-6-14(13)20(24)27/h7-9,11,13-14H,3-6,10H2,1-2H3,(H,22,23,25)/t13-,14-/m0/s1. The van der Waals surface area contributed by atoms with E-state index in [1.165, 1.54) is 11.3 Å². The van der Waals surface area contributed by atoms with Gasteiger partial charge < -0.3 is 14.8 Å². The summed E-state index contributed by atoms with van der Waals surface area (Å²) in [5, 5.41) is 4.88. The summed E-state index contributed by atoms with van der Waals surface area (Å²) in [4.78, 5) is 43.1. The Morgan fingerprint density at radius 2 is 1.87 bits per heavy atom. The van der Waals surface area contributed by atoms with Gasteiger partial charge in [-0.15, -0.1) is 11.3 Å². The number of carbonyl (C=O) groups is 3. The summed E-state index contributed by atoms with van der Waals surface area (Å²) >= 11 is 1.26. The molecule has 2 heterocycles. The van der Waals surface area contributed by atoms with Gasteiger partial charge in [0.1, 0.15) is 18.0 Å². The van der Waals surface area contributed by atoms with E-state index in [-0.39, 0.29) is 30.2 Å². The lowest BCUT2D eigenvalue weighted by Crippen LogP contribution is -2.38. The van der Waals surface area contributed by atoms with Crippen LogP contribution in [-0.4, -0.2) is 48.4 Å². The average Bonchev–Trinajstić information content (AvgIpc) is 3.32. The summed E-state index contributed by atoms with van der Waals surface area (Å²) in [5.74, 6) is -0.0979. The molecule has 1 saturated carbocycles. The SMILES string of the molecule is COc1ccc(OC)c(-c2csc(NC(=O)CN3C(=O)[C@H]4CCCC[C@@H]4C3=O)n2)c1. The first-order valence-corrected chi connectivity index (χ1v) is 10.7. The van der Waals surface area contributed by atoms with Gasteiger partial charge in [-0.3, -0.25) is 19.3 Å². The molecular formula is C21H23N3O5S. The van der Waals surface area contributed by atoms with Crippen molar-refractivity contribution in [3.05, 3.63) is 23.6 Å². The molecule has 1 aliphatic heterocycles. The lowest BCUT2D eigenvalue weighted by atomic mass is 9.81. The fourth-order valence-electron chi connectivity index (χ4n) is 4.16. The molecule has 0 radical (unpaired) electrons. The number of likely N-dealkylation sites (tertiary alicyclic amines) is 1. The molecule has 4 rings (SSSR count). The number of nitrogens with zero attached hydrogens (tertiary/aromatic N) is 2. The molecule has 2 atom stereocenters. The van der Waals surface area contributed by atoms with Gasteiger partial charge in [-0.1, -0.05) is 12.8 Å². The van der Waals surface area contributed by atoms with Crippen LogP contribution in [0.1, 0.15) is 25.7 Å². The molecule has 3 amide bonds. The van der Waals surface area contributed by atoms with Gasteiger partial charge in [-0.2, -0.15) is 0 Å². The van der Waals surface area contributed by atoms with Crippen molar-refractivity contribution in [3.63, 3.8) is 0 Å². The van der Waals surface area contributed by atoms with E-state index in [0.29, 0.717) is 22.3 Å². The Hall–Kier alpha value is -2.94. The molecule has 1 aromatic carbocycles. The molecule has 0 spiro atoms. The second kappa shape index (κ2) is 8.43. The van der Waals surface area contributed by atoms with E-state index >= 15 is 0 Å². The number of hydrogen-bond acceptors (Lipinski definition) is 7. The number of aromatic nitrogens is 1. The minimum atomic E-state index is -0.436. The summed E-state index contributed by atoms with van der Waals surface area (Å²) < 4.78 is 10.7. The molecule has 2 aliphatic rings. The minimum Gasteiger partial charge on any atom is -0.497 e. The van der Waals surface area contributed by atoms with E-state index in [0.717, 1.165) is 36.1 Å². The topological polar surface area (TPSA) is 97.8 Å². The molecule has 8 nitrogen and oxygen atoms in total. The van der Waals surface area contributed by atoms with Crippen LogP contribution in [0.4, 0.5) is 5.13 Å². The number of anilines is 1. The number of ether oxygens (including phenoxy) is 2. The van der Waals surface area contributed by atoms with Crippen molar-refractivity contribution >= 4 is 34.2 Å². The third-order valence-corrected chi connectivity index (χ3v) is 6.42. The lowest BCUT2D eigenvalue weighted by Gasteiger charge is -2.19. The van der Waals surface area contributed by atoms with Crippen LogP contribution in [0.2, 0.25) is 0 Å². The Kier molecular flexibility index (Phi) is 5.72. The predicted molar refractivity (Wildman–Crippen MR) is 111 cm³/mol. The van der Waals surface area contributed by atoms with Crippen molar-refractivity contribution in [1.29, 1.82) is 0 Å². The second-order valence-electron chi connectivity index (χ2n) is 7.41. The van der Waals surface area contributed by atoms with Gasteiger partial charge in [0.15, 0.2) is 5.13 Å². The summed E-state index contributed by atoms with van der Waals surface area (Å²) in [5.41, 5.74) is 1.37. The van der Waals surface area contributed by atoms with Gasteiger partial charge in [-0.25, -0.2) is 4.98 Å². The van der Waals surface area contributed by atoms with Gasteiger partial charge in [-0.05, 0) is 31.0 Å². The molecule has 30 heavy (non-hydrogen) atoms. The van der Waals surface area contributed by atoms with Gasteiger partial charge in [0, 0.05) is 10.9 Å². The summed E-state index contributed by atoms with van der Waals surface area (Å²) in [6.45, 7) is -0.276. The average molecular weight is 429 g/mol. The highest BCUT2D eigenvalue weighted by molar-refractivity contribution is 7.14. The fourth-order valence-corrected chi connectivity index (χ4v) is 4.89. The maximum Gasteiger partial charge on any atom is 0.246 e. The van der Waals surface area contributed by atoms with Crippen molar-refractivity contribution in [2.45, 2.75) is 25.7 Å². The van der Waals surface area contributed by atoms with E-state index in [2.05, 4.69) is 10.3 Å². The van der Waals surface area contributed by atoms with Gasteiger partial charge in [0.2, 0.25) is 17.7 Å².